The Hall–Kier alpha value is -0.820. The fourth-order valence-corrected chi connectivity index (χ4v) is 3.06. The van der Waals surface area contributed by atoms with Gasteiger partial charge in [-0.25, -0.2) is 12.7 Å². The average Bonchev–Trinajstić information content (AvgIpc) is 2.51. The summed E-state index contributed by atoms with van der Waals surface area (Å²) in [7, 11) is -0.348. The lowest BCUT2D eigenvalue weighted by Crippen LogP contribution is -2.47. The second-order valence-corrected chi connectivity index (χ2v) is 5.81. The van der Waals surface area contributed by atoms with Gasteiger partial charge in [-0.05, 0) is 12.8 Å². The van der Waals surface area contributed by atoms with E-state index in [-0.39, 0.29) is 5.96 Å². The molecule has 0 bridgehead atoms. The molecule has 0 saturated carbocycles. The first kappa shape index (κ1) is 11.3. The molecular formula is C7H16N4O2S. The van der Waals surface area contributed by atoms with E-state index in [9.17, 15) is 8.42 Å². The highest BCUT2D eigenvalue weighted by atomic mass is 32.2. The van der Waals surface area contributed by atoms with Crippen molar-refractivity contribution in [3.63, 3.8) is 0 Å². The van der Waals surface area contributed by atoms with Gasteiger partial charge in [-0.3, -0.25) is 5.41 Å². The van der Waals surface area contributed by atoms with Crippen LogP contribution in [0.15, 0.2) is 0 Å². The summed E-state index contributed by atoms with van der Waals surface area (Å²) >= 11 is 0. The maximum absolute atomic E-state index is 11.8. The largest absolute Gasteiger partial charge is 0.370 e. The first-order valence-corrected chi connectivity index (χ1v) is 5.89. The molecule has 7 heteroatoms. The maximum Gasteiger partial charge on any atom is 0.234 e. The van der Waals surface area contributed by atoms with Crippen LogP contribution in [0.3, 0.4) is 0 Å². The van der Waals surface area contributed by atoms with Crippen LogP contribution in [0.5, 0.6) is 0 Å². The van der Waals surface area contributed by atoms with Crippen molar-refractivity contribution >= 4 is 16.0 Å². The molecule has 0 aromatic carbocycles. The molecular weight excluding hydrogens is 204 g/mol. The summed E-state index contributed by atoms with van der Waals surface area (Å²) in [6.07, 6.45) is 1.30. The van der Waals surface area contributed by atoms with Gasteiger partial charge in [0.1, 0.15) is 5.37 Å². The average molecular weight is 220 g/mol. The van der Waals surface area contributed by atoms with Gasteiger partial charge in [0.15, 0.2) is 5.96 Å². The number of hydrogen-bond acceptors (Lipinski definition) is 3. The van der Waals surface area contributed by atoms with E-state index in [1.165, 1.54) is 23.3 Å². The lowest BCUT2D eigenvalue weighted by atomic mass is 10.4. The van der Waals surface area contributed by atoms with Crippen molar-refractivity contribution in [1.82, 2.24) is 9.21 Å². The van der Waals surface area contributed by atoms with Gasteiger partial charge < -0.3 is 10.6 Å². The number of likely N-dealkylation sites (tertiary alicyclic amines) is 1. The Balaban J connectivity index is 2.93. The highest BCUT2D eigenvalue weighted by Crippen LogP contribution is 2.22. The standard InChI is InChI=1S/C7H16N4O2S/c1-10(2)14(12,13)6-4-3-5-11(6)7(8)9/h6H,3-5H2,1-2H3,(H3,8,9). The summed E-state index contributed by atoms with van der Waals surface area (Å²) in [5.74, 6) is -0.169. The summed E-state index contributed by atoms with van der Waals surface area (Å²) in [5.41, 5.74) is 5.31. The molecule has 1 unspecified atom stereocenters. The highest BCUT2D eigenvalue weighted by Gasteiger charge is 2.37. The molecule has 0 radical (unpaired) electrons. The van der Waals surface area contributed by atoms with E-state index in [0.29, 0.717) is 13.0 Å². The number of rotatable bonds is 2. The van der Waals surface area contributed by atoms with Crippen LogP contribution in [0.2, 0.25) is 0 Å². The normalized spacial score (nSPS) is 23.1. The zero-order valence-electron chi connectivity index (χ0n) is 8.40. The summed E-state index contributed by atoms with van der Waals surface area (Å²) in [6.45, 7) is 0.549. The minimum Gasteiger partial charge on any atom is -0.370 e. The van der Waals surface area contributed by atoms with Crippen LogP contribution in [-0.2, 0) is 10.0 Å². The quantitative estimate of drug-likeness (QED) is 0.470. The van der Waals surface area contributed by atoms with Gasteiger partial charge >= 0.3 is 0 Å². The van der Waals surface area contributed by atoms with Gasteiger partial charge in [-0.2, -0.15) is 0 Å². The second kappa shape index (κ2) is 3.74. The third-order valence-electron chi connectivity index (χ3n) is 2.36. The highest BCUT2D eigenvalue weighted by molar-refractivity contribution is 7.89. The van der Waals surface area contributed by atoms with Crippen LogP contribution >= 0.6 is 0 Å². The number of nitrogens with one attached hydrogen (secondary N) is 1. The summed E-state index contributed by atoms with van der Waals surface area (Å²) in [4.78, 5) is 1.43. The van der Waals surface area contributed by atoms with Gasteiger partial charge in [-0.15, -0.1) is 0 Å². The molecule has 3 N–H and O–H groups in total. The zero-order valence-corrected chi connectivity index (χ0v) is 9.21. The van der Waals surface area contributed by atoms with E-state index in [1.54, 1.807) is 0 Å². The van der Waals surface area contributed by atoms with Crippen LogP contribution in [0.4, 0.5) is 0 Å². The lowest BCUT2D eigenvalue weighted by molar-refractivity contribution is 0.421. The van der Waals surface area contributed by atoms with Gasteiger partial charge in [0.05, 0.1) is 0 Å². The maximum atomic E-state index is 11.8. The Morgan fingerprint density at radius 3 is 2.57 bits per heavy atom. The fraction of sp³-hybridized carbons (Fsp3) is 0.857. The number of guanidine groups is 1. The summed E-state index contributed by atoms with van der Waals surface area (Å²) in [6, 6.07) is 0. The summed E-state index contributed by atoms with van der Waals surface area (Å²) in [5, 5.41) is 6.61. The predicted octanol–water partition coefficient (Wildman–Crippen LogP) is -0.807. The van der Waals surface area contributed by atoms with E-state index in [0.717, 1.165) is 6.42 Å². The third kappa shape index (κ3) is 1.83. The van der Waals surface area contributed by atoms with E-state index >= 15 is 0 Å². The molecule has 82 valence electrons. The molecule has 1 rings (SSSR count). The van der Waals surface area contributed by atoms with E-state index in [1.807, 2.05) is 0 Å². The SMILES string of the molecule is CN(C)S(=O)(=O)C1CCCN1C(=N)N. The molecule has 1 fully saturated rings. The molecule has 0 amide bonds. The predicted molar refractivity (Wildman–Crippen MR) is 54.2 cm³/mol. The Morgan fingerprint density at radius 2 is 2.14 bits per heavy atom. The van der Waals surface area contributed by atoms with Gasteiger partial charge in [0.2, 0.25) is 10.0 Å². The lowest BCUT2D eigenvalue weighted by Gasteiger charge is -2.26. The van der Waals surface area contributed by atoms with Crippen LogP contribution in [0.1, 0.15) is 12.8 Å². The molecule has 1 heterocycles. The molecule has 0 aromatic heterocycles. The fourth-order valence-electron chi connectivity index (χ4n) is 1.56. The van der Waals surface area contributed by atoms with Crippen molar-refractivity contribution in [2.75, 3.05) is 20.6 Å². The van der Waals surface area contributed by atoms with Crippen molar-refractivity contribution < 1.29 is 8.42 Å². The number of hydrogen-bond donors (Lipinski definition) is 2. The third-order valence-corrected chi connectivity index (χ3v) is 4.56. The van der Waals surface area contributed by atoms with Crippen molar-refractivity contribution in [2.45, 2.75) is 18.2 Å². The molecule has 0 aromatic rings. The molecule has 1 saturated heterocycles. The summed E-state index contributed by atoms with van der Waals surface area (Å²) < 4.78 is 24.7. The monoisotopic (exact) mass is 220 g/mol. The van der Waals surface area contributed by atoms with Crippen LogP contribution in [-0.4, -0.2) is 49.6 Å². The Kier molecular flexibility index (Phi) is 3.01. The number of nitrogens with zero attached hydrogens (tertiary/aromatic N) is 2. The Labute approximate surface area is 84.2 Å². The molecule has 0 aliphatic carbocycles. The Morgan fingerprint density at radius 1 is 1.57 bits per heavy atom. The molecule has 1 aliphatic rings. The van der Waals surface area contributed by atoms with Gasteiger partial charge in [-0.1, -0.05) is 0 Å². The van der Waals surface area contributed by atoms with Crippen LogP contribution < -0.4 is 5.73 Å². The van der Waals surface area contributed by atoms with Crippen LogP contribution in [0, 0.1) is 5.41 Å². The Bertz CT molecular complexity index is 325. The topological polar surface area (TPSA) is 90.5 Å². The van der Waals surface area contributed by atoms with Crippen LogP contribution in [0.25, 0.3) is 0 Å². The van der Waals surface area contributed by atoms with Gasteiger partial charge in [0.25, 0.3) is 0 Å². The first-order chi connectivity index (χ1) is 6.37. The molecule has 14 heavy (non-hydrogen) atoms. The molecule has 6 nitrogen and oxygen atoms in total. The number of sulfonamides is 1. The van der Waals surface area contributed by atoms with Gasteiger partial charge in [0, 0.05) is 20.6 Å². The van der Waals surface area contributed by atoms with E-state index in [2.05, 4.69) is 0 Å². The molecule has 1 aliphatic heterocycles. The van der Waals surface area contributed by atoms with Crippen molar-refractivity contribution in [1.29, 1.82) is 5.41 Å². The molecule has 0 spiro atoms. The minimum atomic E-state index is -3.33. The molecule has 1 atom stereocenters. The minimum absolute atomic E-state index is 0.169. The smallest absolute Gasteiger partial charge is 0.234 e. The van der Waals surface area contributed by atoms with Crippen molar-refractivity contribution in [3.05, 3.63) is 0 Å². The van der Waals surface area contributed by atoms with Crippen molar-refractivity contribution in [3.8, 4) is 0 Å². The van der Waals surface area contributed by atoms with E-state index in [4.69, 9.17) is 11.1 Å². The van der Waals surface area contributed by atoms with Crippen molar-refractivity contribution in [2.24, 2.45) is 5.73 Å². The zero-order chi connectivity index (χ0) is 10.9. The second-order valence-electron chi connectivity index (χ2n) is 3.50. The first-order valence-electron chi connectivity index (χ1n) is 4.39. The van der Waals surface area contributed by atoms with E-state index < -0.39 is 15.4 Å². The number of nitrogens with two attached hydrogens (primary N) is 1.